The fourth-order valence-electron chi connectivity index (χ4n) is 4.44. The normalized spacial score (nSPS) is 11.3. The Labute approximate surface area is 201 Å². The van der Waals surface area contributed by atoms with Gasteiger partial charge in [0.2, 0.25) is 0 Å². The Morgan fingerprint density at radius 2 is 1.03 bits per heavy atom. The predicted octanol–water partition coefficient (Wildman–Crippen LogP) is 7.74. The van der Waals surface area contributed by atoms with E-state index in [-0.39, 0.29) is 0 Å². The number of hydrogen-bond acceptors (Lipinski definition) is 2. The van der Waals surface area contributed by atoms with Crippen LogP contribution in [0.2, 0.25) is 0 Å². The van der Waals surface area contributed by atoms with E-state index in [4.69, 9.17) is 9.47 Å². The molecule has 0 aliphatic carbocycles. The molecule has 0 N–H and O–H groups in total. The Morgan fingerprint density at radius 1 is 0.645 bits per heavy atom. The van der Waals surface area contributed by atoms with Crippen LogP contribution in [0.5, 0.6) is 11.5 Å². The molecular weight excluding hydrogens is 495 g/mol. The van der Waals surface area contributed by atoms with Crippen molar-refractivity contribution in [1.29, 1.82) is 0 Å². The molecule has 0 aromatic heterocycles. The van der Waals surface area contributed by atoms with E-state index in [9.17, 15) is 0 Å². The van der Waals surface area contributed by atoms with E-state index in [0.29, 0.717) is 11.8 Å². The van der Waals surface area contributed by atoms with E-state index in [2.05, 4.69) is 80.6 Å². The zero-order chi connectivity index (χ0) is 22.5. The summed E-state index contributed by atoms with van der Waals surface area (Å²) in [5.41, 5.74) is 8.14. The lowest BCUT2D eigenvalue weighted by Gasteiger charge is -2.24. The molecule has 0 aliphatic rings. The first-order valence-corrected chi connectivity index (χ1v) is 12.0. The van der Waals surface area contributed by atoms with Gasteiger partial charge in [-0.25, -0.2) is 0 Å². The lowest BCUT2D eigenvalue weighted by atomic mass is 9.84. The zero-order valence-corrected chi connectivity index (χ0v) is 21.6. The summed E-state index contributed by atoms with van der Waals surface area (Å²) in [4.78, 5) is 0. The number of halogens is 1. The molecule has 0 unspecified atom stereocenters. The molecule has 3 aromatic rings. The van der Waals surface area contributed by atoms with Gasteiger partial charge in [-0.2, -0.15) is 0 Å². The Morgan fingerprint density at radius 3 is 1.39 bits per heavy atom. The smallest absolute Gasteiger partial charge is 0.122 e. The monoisotopic (exact) mass is 528 g/mol. The third-order valence-electron chi connectivity index (χ3n) is 5.81. The lowest BCUT2D eigenvalue weighted by molar-refractivity contribution is 0.410. The molecule has 3 heteroatoms. The summed E-state index contributed by atoms with van der Waals surface area (Å²) in [5, 5.41) is 0. The Hall–Kier alpha value is -2.01. The molecule has 0 bridgehead atoms. The highest BCUT2D eigenvalue weighted by molar-refractivity contribution is 14.1. The van der Waals surface area contributed by atoms with E-state index in [0.717, 1.165) is 24.3 Å². The summed E-state index contributed by atoms with van der Waals surface area (Å²) in [6, 6.07) is 19.1. The van der Waals surface area contributed by atoms with Crippen LogP contribution >= 0.6 is 22.6 Å². The molecule has 3 rings (SSSR count). The van der Waals surface area contributed by atoms with Crippen LogP contribution < -0.4 is 9.47 Å². The molecule has 2 nitrogen and oxygen atoms in total. The fourth-order valence-corrected chi connectivity index (χ4v) is 6.38. The topological polar surface area (TPSA) is 18.5 Å². The summed E-state index contributed by atoms with van der Waals surface area (Å²) >= 11 is 2.58. The highest BCUT2D eigenvalue weighted by atomic mass is 127. The van der Waals surface area contributed by atoms with Crippen LogP contribution in [0.1, 0.15) is 72.9 Å². The number of benzene rings is 3. The van der Waals surface area contributed by atoms with Crippen LogP contribution in [0.4, 0.5) is 0 Å². The van der Waals surface area contributed by atoms with Gasteiger partial charge >= 0.3 is 0 Å². The van der Waals surface area contributed by atoms with Gasteiger partial charge in [0, 0.05) is 16.4 Å². The quantitative estimate of drug-likeness (QED) is 0.279. The number of methoxy groups -OCH3 is 2. The van der Waals surface area contributed by atoms with Gasteiger partial charge in [0.15, 0.2) is 0 Å². The minimum absolute atomic E-state index is 0.453. The summed E-state index contributed by atoms with van der Waals surface area (Å²) in [7, 11) is 3.50. The molecule has 0 atom stereocenters. The molecule has 0 aliphatic heterocycles. The highest BCUT2D eigenvalue weighted by Gasteiger charge is 2.22. The number of ether oxygens (including phenoxy) is 2. The van der Waals surface area contributed by atoms with E-state index < -0.39 is 0 Å². The van der Waals surface area contributed by atoms with Crippen molar-refractivity contribution in [3.8, 4) is 11.5 Å². The van der Waals surface area contributed by atoms with Crippen molar-refractivity contribution in [3.63, 3.8) is 0 Å². The first-order chi connectivity index (χ1) is 14.9. The molecule has 0 radical (unpaired) electrons. The van der Waals surface area contributed by atoms with Crippen LogP contribution in [-0.4, -0.2) is 14.2 Å². The van der Waals surface area contributed by atoms with Gasteiger partial charge in [-0.05, 0) is 79.9 Å². The summed E-state index contributed by atoms with van der Waals surface area (Å²) in [5.74, 6) is 2.81. The maximum atomic E-state index is 5.65. The molecule has 0 amide bonds. The maximum Gasteiger partial charge on any atom is 0.122 e. The maximum absolute atomic E-state index is 5.65. The van der Waals surface area contributed by atoms with Crippen molar-refractivity contribution >= 4 is 22.6 Å². The van der Waals surface area contributed by atoms with Gasteiger partial charge in [-0.15, -0.1) is 0 Å². The molecule has 3 aromatic carbocycles. The minimum atomic E-state index is 0.453. The summed E-state index contributed by atoms with van der Waals surface area (Å²) in [6.45, 7) is 9.20. The Kier molecular flexibility index (Phi) is 8.04. The van der Waals surface area contributed by atoms with Crippen molar-refractivity contribution in [2.45, 2.75) is 52.4 Å². The second kappa shape index (κ2) is 10.5. The van der Waals surface area contributed by atoms with E-state index in [1.807, 2.05) is 24.3 Å². The van der Waals surface area contributed by atoms with E-state index in [1.165, 1.54) is 37.0 Å². The van der Waals surface area contributed by atoms with Gasteiger partial charge in [-0.3, -0.25) is 0 Å². The van der Waals surface area contributed by atoms with Gasteiger partial charge in [-0.1, -0.05) is 70.2 Å². The largest absolute Gasteiger partial charge is 0.496 e. The van der Waals surface area contributed by atoms with Gasteiger partial charge in [0.25, 0.3) is 0 Å². The third-order valence-corrected chi connectivity index (χ3v) is 6.98. The van der Waals surface area contributed by atoms with Crippen LogP contribution in [0.3, 0.4) is 0 Å². The van der Waals surface area contributed by atoms with Crippen molar-refractivity contribution in [2.24, 2.45) is 0 Å². The van der Waals surface area contributed by atoms with Crippen LogP contribution in [-0.2, 0) is 12.8 Å². The highest BCUT2D eigenvalue weighted by Crippen LogP contribution is 2.38. The van der Waals surface area contributed by atoms with Crippen molar-refractivity contribution in [3.05, 3.63) is 91.5 Å². The molecule has 164 valence electrons. The SMILES string of the molecule is COc1ccccc1Cc1cc(Cc2ccccc2OC)c(C(C)C)c(I)c1C(C)C. The number of hydrogen-bond donors (Lipinski definition) is 0. The van der Waals surface area contributed by atoms with Gasteiger partial charge in [0.1, 0.15) is 11.5 Å². The molecule has 0 fully saturated rings. The summed E-state index contributed by atoms with van der Waals surface area (Å²) in [6.07, 6.45) is 1.73. The van der Waals surface area contributed by atoms with Gasteiger partial charge < -0.3 is 9.47 Å². The molecule has 0 heterocycles. The standard InChI is InChI=1S/C28H33IO2/c1-18(2)26-22(15-20-11-7-9-13-24(20)30-5)17-23(27(19(3)4)28(26)29)16-21-12-8-10-14-25(21)31-6/h7-14,17-19H,15-16H2,1-6H3. The van der Waals surface area contributed by atoms with Crippen LogP contribution in [0.25, 0.3) is 0 Å². The zero-order valence-electron chi connectivity index (χ0n) is 19.5. The van der Waals surface area contributed by atoms with E-state index in [1.54, 1.807) is 14.2 Å². The van der Waals surface area contributed by atoms with Crippen LogP contribution in [0.15, 0.2) is 54.6 Å². The van der Waals surface area contributed by atoms with Crippen LogP contribution in [0, 0.1) is 3.57 Å². The second-order valence-electron chi connectivity index (χ2n) is 8.62. The van der Waals surface area contributed by atoms with Crippen molar-refractivity contribution < 1.29 is 9.47 Å². The molecule has 0 saturated heterocycles. The fraction of sp³-hybridized carbons (Fsp3) is 0.357. The summed E-state index contributed by atoms with van der Waals surface area (Å²) < 4.78 is 12.7. The Bertz CT molecular complexity index is 957. The number of rotatable bonds is 8. The Balaban J connectivity index is 2.18. The molecule has 0 saturated carbocycles. The number of para-hydroxylation sites is 2. The minimum Gasteiger partial charge on any atom is -0.496 e. The van der Waals surface area contributed by atoms with Gasteiger partial charge in [0.05, 0.1) is 14.2 Å². The van der Waals surface area contributed by atoms with Crippen molar-refractivity contribution in [1.82, 2.24) is 0 Å². The predicted molar refractivity (Wildman–Crippen MR) is 139 cm³/mol. The molecule has 0 spiro atoms. The average molecular weight is 528 g/mol. The van der Waals surface area contributed by atoms with Crippen molar-refractivity contribution in [2.75, 3.05) is 14.2 Å². The average Bonchev–Trinajstić information content (AvgIpc) is 2.73. The first kappa shape index (κ1) is 23.6. The third kappa shape index (κ3) is 5.25. The lowest BCUT2D eigenvalue weighted by Crippen LogP contribution is -2.10. The second-order valence-corrected chi connectivity index (χ2v) is 9.70. The first-order valence-electron chi connectivity index (χ1n) is 10.9. The van der Waals surface area contributed by atoms with E-state index >= 15 is 0 Å². The molecule has 31 heavy (non-hydrogen) atoms. The molecular formula is C28H33IO2.